The number of sulfonamides is 1. The van der Waals surface area contributed by atoms with Gasteiger partial charge in [0, 0.05) is 32.1 Å². The van der Waals surface area contributed by atoms with Crippen molar-refractivity contribution in [3.05, 3.63) is 29.3 Å². The molecule has 1 aromatic carbocycles. The second-order valence-electron chi connectivity index (χ2n) is 7.10. The van der Waals surface area contributed by atoms with Gasteiger partial charge < -0.3 is 4.90 Å². The summed E-state index contributed by atoms with van der Waals surface area (Å²) in [7, 11) is -4.59. The third-order valence-electron chi connectivity index (χ3n) is 5.20. The lowest BCUT2D eigenvalue weighted by Gasteiger charge is -2.37. The minimum absolute atomic E-state index is 0.0413. The van der Waals surface area contributed by atoms with E-state index in [0.29, 0.717) is 0 Å². The van der Waals surface area contributed by atoms with Crippen molar-refractivity contribution in [3.63, 3.8) is 0 Å². The zero-order valence-corrected chi connectivity index (χ0v) is 15.9. The second-order valence-corrected chi connectivity index (χ2v) is 9.04. The standard InChI is InChI=1S/C17H18F6N2O3S/c18-16(19,20)12-8-13(17(21,22)23)10-14(9-12)29(27,28)25-6-4-24(5-7-25)15(26)11-2-1-3-11/h8-11H,1-7H2. The maximum atomic E-state index is 13.0. The molecule has 1 saturated carbocycles. The largest absolute Gasteiger partial charge is 0.416 e. The summed E-state index contributed by atoms with van der Waals surface area (Å²) in [5.74, 6) is -0.178. The van der Waals surface area contributed by atoms with Crippen molar-refractivity contribution in [1.82, 2.24) is 9.21 Å². The van der Waals surface area contributed by atoms with Crippen molar-refractivity contribution < 1.29 is 39.6 Å². The van der Waals surface area contributed by atoms with Crippen LogP contribution in [0.3, 0.4) is 0 Å². The fourth-order valence-corrected chi connectivity index (χ4v) is 4.78. The Morgan fingerprint density at radius 1 is 0.862 bits per heavy atom. The topological polar surface area (TPSA) is 57.7 Å². The molecule has 0 atom stereocenters. The van der Waals surface area contributed by atoms with Gasteiger partial charge in [0.2, 0.25) is 15.9 Å². The van der Waals surface area contributed by atoms with E-state index in [1.54, 1.807) is 0 Å². The first-order valence-electron chi connectivity index (χ1n) is 8.88. The van der Waals surface area contributed by atoms with Crippen molar-refractivity contribution in [2.75, 3.05) is 26.2 Å². The molecule has 29 heavy (non-hydrogen) atoms. The highest BCUT2D eigenvalue weighted by molar-refractivity contribution is 7.89. The highest BCUT2D eigenvalue weighted by Crippen LogP contribution is 2.38. The van der Waals surface area contributed by atoms with Crippen LogP contribution in [0.15, 0.2) is 23.1 Å². The Bertz CT molecular complexity index is 853. The maximum absolute atomic E-state index is 13.0. The average Bonchev–Trinajstić information content (AvgIpc) is 2.58. The third kappa shape index (κ3) is 4.52. The number of hydrogen-bond acceptors (Lipinski definition) is 3. The first kappa shape index (κ1) is 21.9. The quantitative estimate of drug-likeness (QED) is 0.672. The van der Waals surface area contributed by atoms with Crippen LogP contribution in [0.2, 0.25) is 0 Å². The molecule has 1 aliphatic carbocycles. The SMILES string of the molecule is O=C(C1CCC1)N1CCN(S(=O)(=O)c2cc(C(F)(F)F)cc(C(F)(F)F)c2)CC1. The van der Waals surface area contributed by atoms with E-state index in [1.807, 2.05) is 0 Å². The van der Waals surface area contributed by atoms with Crippen LogP contribution in [0.25, 0.3) is 0 Å². The number of nitrogens with zero attached hydrogens (tertiary/aromatic N) is 2. The summed E-state index contributed by atoms with van der Waals surface area (Å²) in [5, 5.41) is 0. The fourth-order valence-electron chi connectivity index (χ4n) is 3.29. The van der Waals surface area contributed by atoms with E-state index in [0.717, 1.165) is 23.6 Å². The fraction of sp³-hybridized carbons (Fsp3) is 0.588. The van der Waals surface area contributed by atoms with Crippen LogP contribution in [0.5, 0.6) is 0 Å². The molecule has 0 radical (unpaired) electrons. The van der Waals surface area contributed by atoms with Crippen LogP contribution < -0.4 is 0 Å². The zero-order valence-electron chi connectivity index (χ0n) is 15.1. The molecule has 3 rings (SSSR count). The molecular formula is C17H18F6N2O3S. The predicted molar refractivity (Wildman–Crippen MR) is 89.1 cm³/mol. The Labute approximate surface area is 163 Å². The molecule has 2 fully saturated rings. The summed E-state index contributed by atoms with van der Waals surface area (Å²) in [6.07, 6.45) is -7.80. The first-order chi connectivity index (χ1) is 13.3. The molecule has 12 heteroatoms. The van der Waals surface area contributed by atoms with Gasteiger partial charge in [-0.05, 0) is 31.0 Å². The third-order valence-corrected chi connectivity index (χ3v) is 7.08. The normalized spacial score (nSPS) is 19.9. The molecule has 1 aromatic rings. The summed E-state index contributed by atoms with van der Waals surface area (Å²) >= 11 is 0. The molecule has 1 aliphatic heterocycles. The van der Waals surface area contributed by atoms with Gasteiger partial charge in [-0.15, -0.1) is 0 Å². The van der Waals surface area contributed by atoms with E-state index in [2.05, 4.69) is 0 Å². The molecule has 1 amide bonds. The lowest BCUT2D eigenvalue weighted by atomic mass is 9.84. The van der Waals surface area contributed by atoms with Crippen LogP contribution in [0, 0.1) is 5.92 Å². The Balaban J connectivity index is 1.84. The predicted octanol–water partition coefficient (Wildman–Crippen LogP) is 3.36. The van der Waals surface area contributed by atoms with Crippen molar-refractivity contribution in [2.24, 2.45) is 5.92 Å². The van der Waals surface area contributed by atoms with Crippen molar-refractivity contribution in [2.45, 2.75) is 36.5 Å². The summed E-state index contributed by atoms with van der Waals surface area (Å²) in [6, 6.07) is 0.293. The van der Waals surface area contributed by atoms with E-state index in [9.17, 15) is 39.6 Å². The number of carbonyl (C=O) groups is 1. The van der Waals surface area contributed by atoms with Gasteiger partial charge in [0.25, 0.3) is 0 Å². The number of hydrogen-bond donors (Lipinski definition) is 0. The lowest BCUT2D eigenvalue weighted by Crippen LogP contribution is -2.52. The molecule has 0 spiro atoms. The van der Waals surface area contributed by atoms with E-state index in [-0.39, 0.29) is 56.2 Å². The smallest absolute Gasteiger partial charge is 0.340 e. The van der Waals surface area contributed by atoms with Gasteiger partial charge in [0.15, 0.2) is 0 Å². The molecule has 1 saturated heterocycles. The minimum Gasteiger partial charge on any atom is -0.340 e. The first-order valence-corrected chi connectivity index (χ1v) is 10.3. The number of rotatable bonds is 3. The number of benzene rings is 1. The Kier molecular flexibility index (Phi) is 5.63. The van der Waals surface area contributed by atoms with Crippen LogP contribution in [0.1, 0.15) is 30.4 Å². The van der Waals surface area contributed by atoms with Gasteiger partial charge in [-0.2, -0.15) is 30.6 Å². The van der Waals surface area contributed by atoms with Gasteiger partial charge >= 0.3 is 12.4 Å². The molecule has 0 N–H and O–H groups in total. The molecule has 0 aromatic heterocycles. The van der Waals surface area contributed by atoms with Crippen LogP contribution in [0.4, 0.5) is 26.3 Å². The van der Waals surface area contributed by atoms with Crippen molar-refractivity contribution in [3.8, 4) is 0 Å². The van der Waals surface area contributed by atoms with Crippen LogP contribution in [-0.4, -0.2) is 49.7 Å². The monoisotopic (exact) mass is 444 g/mol. The van der Waals surface area contributed by atoms with E-state index >= 15 is 0 Å². The van der Waals surface area contributed by atoms with Crippen LogP contribution in [-0.2, 0) is 27.2 Å². The van der Waals surface area contributed by atoms with Gasteiger partial charge in [-0.25, -0.2) is 8.42 Å². The second kappa shape index (κ2) is 7.46. The summed E-state index contributed by atoms with van der Waals surface area (Å²) in [5.41, 5.74) is -3.38. The minimum atomic E-state index is -5.14. The zero-order chi connectivity index (χ0) is 21.6. The van der Waals surface area contributed by atoms with E-state index in [1.165, 1.54) is 4.90 Å². The van der Waals surface area contributed by atoms with E-state index < -0.39 is 38.4 Å². The highest BCUT2D eigenvalue weighted by atomic mass is 32.2. The van der Waals surface area contributed by atoms with E-state index in [4.69, 9.17) is 0 Å². The van der Waals surface area contributed by atoms with Gasteiger partial charge in [-0.3, -0.25) is 4.79 Å². The Hall–Kier alpha value is -1.82. The summed E-state index contributed by atoms with van der Waals surface area (Å²) in [4.78, 5) is 12.6. The van der Waals surface area contributed by atoms with Crippen molar-refractivity contribution in [1.29, 1.82) is 0 Å². The number of carbonyl (C=O) groups excluding carboxylic acids is 1. The molecule has 2 aliphatic rings. The van der Waals surface area contributed by atoms with Crippen LogP contribution >= 0.6 is 0 Å². The van der Waals surface area contributed by atoms with Gasteiger partial charge in [0.1, 0.15) is 0 Å². The summed E-state index contributed by atoms with van der Waals surface area (Å²) in [6.45, 7) is -0.309. The molecule has 5 nitrogen and oxygen atoms in total. The molecule has 1 heterocycles. The number of piperazine rings is 1. The molecule has 0 unspecified atom stereocenters. The van der Waals surface area contributed by atoms with Gasteiger partial charge in [-0.1, -0.05) is 6.42 Å². The number of amides is 1. The van der Waals surface area contributed by atoms with Crippen molar-refractivity contribution >= 4 is 15.9 Å². The molecule has 162 valence electrons. The Morgan fingerprint density at radius 2 is 1.34 bits per heavy atom. The van der Waals surface area contributed by atoms with Gasteiger partial charge in [0.05, 0.1) is 16.0 Å². The molecular weight excluding hydrogens is 426 g/mol. The average molecular weight is 444 g/mol. The number of alkyl halides is 6. The maximum Gasteiger partial charge on any atom is 0.416 e. The summed E-state index contributed by atoms with van der Waals surface area (Å²) < 4.78 is 104. The lowest BCUT2D eigenvalue weighted by molar-refractivity contribution is -0.143. The number of halogens is 6. The highest BCUT2D eigenvalue weighted by Gasteiger charge is 2.40. The molecule has 0 bridgehead atoms. The Morgan fingerprint density at radius 3 is 1.72 bits per heavy atom.